The van der Waals surface area contributed by atoms with Crippen LogP contribution in [0.2, 0.25) is 0 Å². The zero-order chi connectivity index (χ0) is 17.1. The van der Waals surface area contributed by atoms with Crippen LogP contribution in [0.15, 0.2) is 11.2 Å². The predicted molar refractivity (Wildman–Crippen MR) is 96.3 cm³/mol. The van der Waals surface area contributed by atoms with Crippen molar-refractivity contribution in [3.05, 3.63) is 17.5 Å². The van der Waals surface area contributed by atoms with Crippen molar-refractivity contribution in [3.63, 3.8) is 0 Å². The molecular formula is C18H31N5O. The Bertz CT molecular complexity index is 580. The molecule has 0 spiro atoms. The van der Waals surface area contributed by atoms with Crippen molar-refractivity contribution >= 4 is 5.96 Å². The van der Waals surface area contributed by atoms with Gasteiger partial charge < -0.3 is 15.7 Å². The molecule has 24 heavy (non-hydrogen) atoms. The second-order valence-corrected chi connectivity index (χ2v) is 7.47. The molecule has 2 aliphatic carbocycles. The number of hydrogen-bond acceptors (Lipinski definition) is 3. The van der Waals surface area contributed by atoms with Crippen LogP contribution < -0.4 is 10.6 Å². The third-order valence-corrected chi connectivity index (χ3v) is 5.34. The van der Waals surface area contributed by atoms with E-state index in [2.05, 4.69) is 40.4 Å². The monoisotopic (exact) mass is 333 g/mol. The molecule has 0 radical (unpaired) electrons. The summed E-state index contributed by atoms with van der Waals surface area (Å²) in [6, 6.07) is 0.780. The lowest BCUT2D eigenvalue weighted by Gasteiger charge is -2.25. The first kappa shape index (κ1) is 17.3. The van der Waals surface area contributed by atoms with Gasteiger partial charge in [0.1, 0.15) is 0 Å². The number of nitrogens with one attached hydrogen (secondary N) is 2. The standard InChI is InChI=1S/C18H31N5O/c1-12(2)23-11-14-7-8-15(9-16(14)22-23)21-18(19-3)20-10-13-5-4-6-17(13)24/h11-13,15,17,24H,4-10H2,1-3H3,(H2,19,20,21). The Morgan fingerprint density at radius 2 is 2.25 bits per heavy atom. The van der Waals surface area contributed by atoms with Gasteiger partial charge in [-0.05, 0) is 45.1 Å². The number of nitrogens with zero attached hydrogens (tertiary/aromatic N) is 3. The van der Waals surface area contributed by atoms with Crippen molar-refractivity contribution in [1.82, 2.24) is 20.4 Å². The van der Waals surface area contributed by atoms with Gasteiger partial charge in [-0.25, -0.2) is 0 Å². The number of aliphatic hydroxyl groups excluding tert-OH is 1. The average molecular weight is 333 g/mol. The molecule has 3 atom stereocenters. The van der Waals surface area contributed by atoms with Gasteiger partial charge in [0.2, 0.25) is 0 Å². The van der Waals surface area contributed by atoms with Gasteiger partial charge in [-0.15, -0.1) is 0 Å². The van der Waals surface area contributed by atoms with E-state index >= 15 is 0 Å². The van der Waals surface area contributed by atoms with Crippen molar-refractivity contribution in [3.8, 4) is 0 Å². The van der Waals surface area contributed by atoms with Crippen LogP contribution in [-0.2, 0) is 12.8 Å². The Labute approximate surface area is 144 Å². The second-order valence-electron chi connectivity index (χ2n) is 7.47. The molecule has 1 aromatic heterocycles. The SMILES string of the molecule is CN=C(NCC1CCCC1O)NC1CCc2cn(C(C)C)nc2C1. The molecule has 1 fully saturated rings. The molecule has 3 N–H and O–H groups in total. The van der Waals surface area contributed by atoms with E-state index in [-0.39, 0.29) is 6.10 Å². The first-order chi connectivity index (χ1) is 11.6. The van der Waals surface area contributed by atoms with Crippen molar-refractivity contribution in [1.29, 1.82) is 0 Å². The Kier molecular flexibility index (Phi) is 5.43. The predicted octanol–water partition coefficient (Wildman–Crippen LogP) is 1.65. The van der Waals surface area contributed by atoms with Gasteiger partial charge in [0.15, 0.2) is 5.96 Å². The summed E-state index contributed by atoms with van der Waals surface area (Å²) in [5, 5.41) is 21.6. The minimum atomic E-state index is -0.159. The average Bonchev–Trinajstić information content (AvgIpc) is 3.17. The van der Waals surface area contributed by atoms with Gasteiger partial charge in [-0.2, -0.15) is 5.10 Å². The van der Waals surface area contributed by atoms with E-state index in [1.165, 1.54) is 11.3 Å². The minimum Gasteiger partial charge on any atom is -0.393 e. The number of aryl methyl sites for hydroxylation is 1. The molecular weight excluding hydrogens is 302 g/mol. The fourth-order valence-electron chi connectivity index (χ4n) is 3.77. The van der Waals surface area contributed by atoms with Gasteiger partial charge in [0, 0.05) is 44.2 Å². The zero-order valence-electron chi connectivity index (χ0n) is 15.1. The Balaban J connectivity index is 1.53. The van der Waals surface area contributed by atoms with Crippen LogP contribution in [0.4, 0.5) is 0 Å². The lowest BCUT2D eigenvalue weighted by molar-refractivity contribution is 0.134. The van der Waals surface area contributed by atoms with Crippen molar-refractivity contribution in [2.75, 3.05) is 13.6 Å². The third kappa shape index (κ3) is 3.91. The summed E-state index contributed by atoms with van der Waals surface area (Å²) in [7, 11) is 1.81. The maximum Gasteiger partial charge on any atom is 0.191 e. The third-order valence-electron chi connectivity index (χ3n) is 5.34. The molecule has 0 saturated heterocycles. The van der Waals surface area contributed by atoms with Gasteiger partial charge in [-0.3, -0.25) is 9.67 Å². The van der Waals surface area contributed by atoms with Gasteiger partial charge in [0.25, 0.3) is 0 Å². The van der Waals surface area contributed by atoms with Crippen LogP contribution >= 0.6 is 0 Å². The molecule has 6 heteroatoms. The highest BCUT2D eigenvalue weighted by Crippen LogP contribution is 2.25. The van der Waals surface area contributed by atoms with Crippen molar-refractivity contribution in [2.45, 2.75) is 70.6 Å². The van der Waals surface area contributed by atoms with Crippen LogP contribution in [0.1, 0.15) is 56.8 Å². The van der Waals surface area contributed by atoms with E-state index in [1.807, 2.05) is 7.05 Å². The van der Waals surface area contributed by atoms with Gasteiger partial charge in [-0.1, -0.05) is 6.42 Å². The summed E-state index contributed by atoms with van der Waals surface area (Å²) in [4.78, 5) is 4.34. The Morgan fingerprint density at radius 1 is 1.42 bits per heavy atom. The highest BCUT2D eigenvalue weighted by Gasteiger charge is 2.26. The molecule has 1 heterocycles. The summed E-state index contributed by atoms with van der Waals surface area (Å²) < 4.78 is 2.07. The molecule has 1 aromatic rings. The van der Waals surface area contributed by atoms with E-state index in [0.29, 0.717) is 18.0 Å². The number of guanidine groups is 1. The molecule has 0 bridgehead atoms. The summed E-state index contributed by atoms with van der Waals surface area (Å²) in [6.07, 6.45) is 8.32. The number of aliphatic imine (C=N–C) groups is 1. The summed E-state index contributed by atoms with van der Waals surface area (Å²) in [5.41, 5.74) is 2.60. The fraction of sp³-hybridized carbons (Fsp3) is 0.778. The van der Waals surface area contributed by atoms with Crippen molar-refractivity contribution < 1.29 is 5.11 Å². The van der Waals surface area contributed by atoms with Crippen LogP contribution in [0.5, 0.6) is 0 Å². The quantitative estimate of drug-likeness (QED) is 0.578. The summed E-state index contributed by atoms with van der Waals surface area (Å²) in [5.74, 6) is 1.19. The summed E-state index contributed by atoms with van der Waals surface area (Å²) in [6.45, 7) is 5.12. The number of aliphatic hydroxyl groups is 1. The van der Waals surface area contributed by atoms with Crippen LogP contribution in [0.3, 0.4) is 0 Å². The number of hydrogen-bond donors (Lipinski definition) is 3. The summed E-state index contributed by atoms with van der Waals surface area (Å²) >= 11 is 0. The number of aromatic nitrogens is 2. The van der Waals surface area contributed by atoms with Gasteiger partial charge >= 0.3 is 0 Å². The number of fused-ring (bicyclic) bond motifs is 1. The fourth-order valence-corrected chi connectivity index (χ4v) is 3.77. The molecule has 0 aliphatic heterocycles. The first-order valence-electron chi connectivity index (χ1n) is 9.29. The van der Waals surface area contributed by atoms with Crippen LogP contribution in [0.25, 0.3) is 0 Å². The molecule has 0 amide bonds. The van der Waals surface area contributed by atoms with Crippen LogP contribution in [-0.4, -0.2) is 46.6 Å². The molecule has 3 rings (SSSR count). The maximum absolute atomic E-state index is 9.94. The molecule has 3 unspecified atom stereocenters. The smallest absolute Gasteiger partial charge is 0.191 e. The molecule has 134 valence electrons. The highest BCUT2D eigenvalue weighted by atomic mass is 16.3. The Hall–Kier alpha value is -1.56. The molecule has 2 aliphatic rings. The van der Waals surface area contributed by atoms with E-state index in [0.717, 1.165) is 51.0 Å². The second kappa shape index (κ2) is 7.55. The Morgan fingerprint density at radius 3 is 2.92 bits per heavy atom. The first-order valence-corrected chi connectivity index (χ1v) is 9.29. The highest BCUT2D eigenvalue weighted by molar-refractivity contribution is 5.80. The molecule has 1 saturated carbocycles. The largest absolute Gasteiger partial charge is 0.393 e. The van der Waals surface area contributed by atoms with E-state index in [4.69, 9.17) is 5.10 Å². The van der Waals surface area contributed by atoms with Crippen LogP contribution in [0, 0.1) is 5.92 Å². The van der Waals surface area contributed by atoms with E-state index < -0.39 is 0 Å². The lowest BCUT2D eigenvalue weighted by Crippen LogP contribution is -2.47. The van der Waals surface area contributed by atoms with Gasteiger partial charge in [0.05, 0.1) is 11.8 Å². The number of rotatable bonds is 4. The van der Waals surface area contributed by atoms with E-state index in [9.17, 15) is 5.11 Å². The van der Waals surface area contributed by atoms with E-state index in [1.54, 1.807) is 0 Å². The topological polar surface area (TPSA) is 74.5 Å². The lowest BCUT2D eigenvalue weighted by atomic mass is 9.94. The molecule has 6 nitrogen and oxygen atoms in total. The van der Waals surface area contributed by atoms with Crippen molar-refractivity contribution in [2.24, 2.45) is 10.9 Å². The minimum absolute atomic E-state index is 0.159. The zero-order valence-corrected chi connectivity index (χ0v) is 15.1. The normalized spacial score (nSPS) is 27.4. The maximum atomic E-state index is 9.94. The molecule has 0 aromatic carbocycles.